The minimum atomic E-state index is 0.226. The number of fused-ring (bicyclic) bond motifs is 1. The van der Waals surface area contributed by atoms with Crippen LogP contribution in [0.1, 0.15) is 5.56 Å². The second-order valence-electron chi connectivity index (χ2n) is 4.07. The van der Waals surface area contributed by atoms with Crippen molar-refractivity contribution in [2.24, 2.45) is 0 Å². The Labute approximate surface area is 120 Å². The summed E-state index contributed by atoms with van der Waals surface area (Å²) in [5.74, 6) is 0. The van der Waals surface area contributed by atoms with E-state index in [4.69, 9.17) is 4.42 Å². The maximum absolute atomic E-state index is 5.95. The fourth-order valence-corrected chi connectivity index (χ4v) is 3.97. The van der Waals surface area contributed by atoms with Gasteiger partial charge in [-0.2, -0.15) is 0 Å². The number of benzene rings is 2. The molecule has 0 bridgehead atoms. The molecule has 0 saturated carbocycles. The van der Waals surface area contributed by atoms with Crippen molar-refractivity contribution in [2.75, 3.05) is 0 Å². The molecule has 2 aromatic carbocycles. The molecule has 0 spiro atoms. The topological polar surface area (TPSA) is 13.1 Å². The fraction of sp³-hybridized carbons (Fsp3) is 0.0667. The van der Waals surface area contributed by atoms with E-state index >= 15 is 0 Å². The molecule has 18 heavy (non-hydrogen) atoms. The van der Waals surface area contributed by atoms with Crippen molar-refractivity contribution in [1.82, 2.24) is 0 Å². The van der Waals surface area contributed by atoms with E-state index in [2.05, 4.69) is 59.3 Å². The van der Waals surface area contributed by atoms with Crippen molar-refractivity contribution in [3.63, 3.8) is 0 Å². The summed E-state index contributed by atoms with van der Waals surface area (Å²) in [5, 5.41) is 1.23. The van der Waals surface area contributed by atoms with Gasteiger partial charge in [0.25, 0.3) is 0 Å². The average Bonchev–Trinajstić information content (AvgIpc) is 2.70. The Kier molecular flexibility index (Phi) is 3.29. The third kappa shape index (κ3) is 2.26. The van der Waals surface area contributed by atoms with E-state index in [1.54, 1.807) is 0 Å². The van der Waals surface area contributed by atoms with Crippen molar-refractivity contribution in [1.29, 1.82) is 0 Å². The summed E-state index contributed by atoms with van der Waals surface area (Å²) in [6.07, 6.45) is 0. The van der Waals surface area contributed by atoms with E-state index in [1.165, 1.54) is 15.4 Å². The maximum atomic E-state index is 5.95. The monoisotopic (exact) mass is 366 g/mol. The normalized spacial score (nSPS) is 11.0. The number of para-hydroxylation sites is 1. The van der Waals surface area contributed by atoms with Gasteiger partial charge >= 0.3 is 121 Å². The average molecular weight is 366 g/mol. The van der Waals surface area contributed by atoms with Gasteiger partial charge in [0.05, 0.1) is 0 Å². The predicted octanol–water partition coefficient (Wildman–Crippen LogP) is 3.16. The quantitative estimate of drug-likeness (QED) is 0.636. The van der Waals surface area contributed by atoms with Gasteiger partial charge in [0.15, 0.2) is 0 Å². The zero-order valence-electron chi connectivity index (χ0n) is 9.81. The summed E-state index contributed by atoms with van der Waals surface area (Å²) in [6.45, 7) is 2.14. The summed E-state index contributed by atoms with van der Waals surface area (Å²) in [4.78, 5) is 0. The third-order valence-electron chi connectivity index (χ3n) is 2.82. The van der Waals surface area contributed by atoms with E-state index < -0.39 is 0 Å². The molecule has 0 aliphatic heterocycles. The Morgan fingerprint density at radius 3 is 2.44 bits per heavy atom. The van der Waals surface area contributed by atoms with Crippen LogP contribution in [0.25, 0.3) is 11.0 Å². The first-order chi connectivity index (χ1) is 8.74. The summed E-state index contributed by atoms with van der Waals surface area (Å²) >= 11 is 3.68. The standard InChI is InChI=1S/C15H11BrOSe/c1-10-13-4-2-3-5-14(13)17-15(10)18-12-8-6-11(16)7-9-12/h2-9H,1H3. The Balaban J connectivity index is 1.99. The van der Waals surface area contributed by atoms with Crippen LogP contribution >= 0.6 is 15.9 Å². The van der Waals surface area contributed by atoms with E-state index in [9.17, 15) is 0 Å². The fourth-order valence-electron chi connectivity index (χ4n) is 1.86. The summed E-state index contributed by atoms with van der Waals surface area (Å²) < 4.78 is 9.51. The molecule has 0 amide bonds. The van der Waals surface area contributed by atoms with Gasteiger partial charge in [0.2, 0.25) is 0 Å². The number of rotatable bonds is 2. The van der Waals surface area contributed by atoms with Gasteiger partial charge in [0.1, 0.15) is 0 Å². The molecule has 1 nitrogen and oxygen atoms in total. The van der Waals surface area contributed by atoms with Crippen LogP contribution in [0.15, 0.2) is 57.4 Å². The summed E-state index contributed by atoms with van der Waals surface area (Å²) in [6, 6.07) is 16.7. The molecular formula is C15H11BrOSe. The van der Waals surface area contributed by atoms with E-state index in [0.29, 0.717) is 0 Å². The number of hydrogen-bond acceptors (Lipinski definition) is 1. The molecule has 0 aliphatic rings. The molecule has 0 unspecified atom stereocenters. The van der Waals surface area contributed by atoms with Crippen LogP contribution in [0.5, 0.6) is 0 Å². The van der Waals surface area contributed by atoms with Crippen LogP contribution < -0.4 is 9.12 Å². The molecular weight excluding hydrogens is 355 g/mol. The molecule has 0 radical (unpaired) electrons. The molecule has 0 N–H and O–H groups in total. The number of hydrogen-bond donors (Lipinski definition) is 0. The first-order valence-corrected chi connectivity index (χ1v) is 8.16. The third-order valence-corrected chi connectivity index (χ3v) is 5.62. The second kappa shape index (κ2) is 4.93. The first-order valence-electron chi connectivity index (χ1n) is 5.65. The van der Waals surface area contributed by atoms with Crippen molar-refractivity contribution in [3.8, 4) is 0 Å². The Bertz CT molecular complexity index is 685. The van der Waals surface area contributed by atoms with E-state index in [1.807, 2.05) is 12.1 Å². The molecule has 3 heteroatoms. The van der Waals surface area contributed by atoms with E-state index in [0.717, 1.165) is 14.7 Å². The predicted molar refractivity (Wildman–Crippen MR) is 80.1 cm³/mol. The molecule has 0 atom stereocenters. The van der Waals surface area contributed by atoms with Gasteiger partial charge < -0.3 is 0 Å². The van der Waals surface area contributed by atoms with Crippen LogP contribution in [0.2, 0.25) is 0 Å². The van der Waals surface area contributed by atoms with Crippen LogP contribution in [-0.2, 0) is 0 Å². The molecule has 3 rings (SSSR count). The Morgan fingerprint density at radius 1 is 1.00 bits per heavy atom. The van der Waals surface area contributed by atoms with Crippen LogP contribution in [-0.4, -0.2) is 15.0 Å². The molecule has 0 fully saturated rings. The molecule has 1 aromatic heterocycles. The minimum absolute atomic E-state index is 0.226. The van der Waals surface area contributed by atoms with Crippen molar-refractivity contribution < 1.29 is 4.42 Å². The first kappa shape index (κ1) is 12.0. The van der Waals surface area contributed by atoms with E-state index in [-0.39, 0.29) is 15.0 Å². The second-order valence-corrected chi connectivity index (χ2v) is 7.18. The number of furan rings is 1. The number of halogens is 1. The summed E-state index contributed by atoms with van der Waals surface area (Å²) in [5.41, 5.74) is 2.26. The Morgan fingerprint density at radius 2 is 1.72 bits per heavy atom. The summed E-state index contributed by atoms with van der Waals surface area (Å²) in [7, 11) is 0. The zero-order chi connectivity index (χ0) is 12.5. The SMILES string of the molecule is Cc1c([Se]c2ccc(Br)cc2)oc2ccccc12. The van der Waals surface area contributed by atoms with Gasteiger partial charge in [-0.15, -0.1) is 0 Å². The van der Waals surface area contributed by atoms with Gasteiger partial charge in [-0.25, -0.2) is 0 Å². The van der Waals surface area contributed by atoms with Gasteiger partial charge in [-0.05, 0) is 0 Å². The molecule has 0 saturated heterocycles. The van der Waals surface area contributed by atoms with Crippen molar-refractivity contribution in [2.45, 2.75) is 6.92 Å². The zero-order valence-corrected chi connectivity index (χ0v) is 13.1. The van der Waals surface area contributed by atoms with Crippen LogP contribution in [0.4, 0.5) is 0 Å². The molecule has 0 aliphatic carbocycles. The van der Waals surface area contributed by atoms with Gasteiger partial charge in [0, 0.05) is 0 Å². The van der Waals surface area contributed by atoms with Gasteiger partial charge in [-0.3, -0.25) is 0 Å². The molecule has 1 heterocycles. The van der Waals surface area contributed by atoms with Crippen LogP contribution in [0.3, 0.4) is 0 Å². The van der Waals surface area contributed by atoms with Crippen molar-refractivity contribution in [3.05, 3.63) is 58.6 Å². The van der Waals surface area contributed by atoms with Gasteiger partial charge in [-0.1, -0.05) is 0 Å². The number of aryl methyl sites for hydroxylation is 1. The Hall–Kier alpha value is -1.02. The van der Waals surface area contributed by atoms with Crippen LogP contribution in [0, 0.1) is 6.92 Å². The molecule has 90 valence electrons. The molecule has 3 aromatic rings. The van der Waals surface area contributed by atoms with Crippen molar-refractivity contribution >= 4 is 51.0 Å².